The van der Waals surface area contributed by atoms with E-state index in [2.05, 4.69) is 34.6 Å². The molecule has 0 aromatic carbocycles. The molecule has 22 nitrogen and oxygen atoms in total. The topological polar surface area (TPSA) is 288 Å². The number of likely N-dealkylation sites (N-methyl/N-ethyl adjacent to an activating group) is 4. The monoisotopic (exact) mass is 1370 g/mol. The van der Waals surface area contributed by atoms with Crippen LogP contribution in [0, 0.1) is 65.1 Å². The van der Waals surface area contributed by atoms with Crippen molar-refractivity contribution in [1.29, 1.82) is 0 Å². The number of carbonyl (C=O) groups is 11. The average Bonchev–Trinajstić information content (AvgIpc) is 0.839. The SMILES string of the molecule is C/C=C/C[C@@H](C)[C@@H](O)[C@@H]1CC(=O)[C@H](C(C)C)N(C)C(=O)[C@H](CC(C)C)CC(=O)[C@H](CC(C)C)N(C)C(=O)[C@@H](C)NC(=O)[C@H](C)CC(=O)[C@H](CC(C)C)N(C)C(=O)[C@H](C(C)C)CC(=O)[C@H]([C@@H](C)OCCC/C=N/OC)N(C)C(=O)CCC(=O)[C@H](CC)NC1=O.CN=CCCCC(C)C. The van der Waals surface area contributed by atoms with E-state index < -0.39 is 161 Å². The molecule has 0 saturated carbocycles. The summed E-state index contributed by atoms with van der Waals surface area (Å²) in [6, 6.07) is -6.69. The van der Waals surface area contributed by atoms with Crippen LogP contribution in [0.4, 0.5) is 0 Å². The highest BCUT2D eigenvalue weighted by Gasteiger charge is 2.43. The minimum atomic E-state index is -1.39. The molecule has 0 radical (unpaired) electrons. The zero-order valence-electron chi connectivity index (χ0n) is 64.2. The summed E-state index contributed by atoms with van der Waals surface area (Å²) in [7, 11) is 9.14. The van der Waals surface area contributed by atoms with Gasteiger partial charge in [0.15, 0.2) is 28.9 Å². The fraction of sp³-hybridized carbons (Fsp3) is 0.800. The van der Waals surface area contributed by atoms with Crippen molar-refractivity contribution in [2.45, 2.75) is 276 Å². The molecule has 6 amide bonds. The summed E-state index contributed by atoms with van der Waals surface area (Å²) in [5, 5.41) is 21.2. The number of unbranched alkanes of at least 4 members (excludes halogenated alkanes) is 2. The molecule has 97 heavy (non-hydrogen) atoms. The van der Waals surface area contributed by atoms with Gasteiger partial charge < -0.3 is 49.9 Å². The van der Waals surface area contributed by atoms with E-state index in [4.69, 9.17) is 9.57 Å². The maximum Gasteiger partial charge on any atom is 0.245 e. The molecular weight excluding hydrogens is 1240 g/mol. The smallest absolute Gasteiger partial charge is 0.245 e. The van der Waals surface area contributed by atoms with E-state index in [1.807, 2.05) is 67.8 Å². The zero-order chi connectivity index (χ0) is 74.7. The molecule has 0 unspecified atom stereocenters. The molecule has 13 atom stereocenters. The van der Waals surface area contributed by atoms with Crippen molar-refractivity contribution in [2.24, 2.45) is 75.2 Å². The third-order valence-electron chi connectivity index (χ3n) is 18.4. The van der Waals surface area contributed by atoms with Crippen molar-refractivity contribution in [2.75, 3.05) is 49.0 Å². The van der Waals surface area contributed by atoms with Gasteiger partial charge in [0.25, 0.3) is 0 Å². The molecule has 3 N–H and O–H groups in total. The van der Waals surface area contributed by atoms with Gasteiger partial charge in [-0.15, -0.1) is 0 Å². The minimum absolute atomic E-state index is 0.0834. The lowest BCUT2D eigenvalue weighted by atomic mass is 9.82. The Labute approximate surface area is 584 Å². The third-order valence-corrected chi connectivity index (χ3v) is 18.4. The molecule has 0 aromatic heterocycles. The Balaban J connectivity index is 0.00000947. The first-order valence-corrected chi connectivity index (χ1v) is 35.9. The number of rotatable bonds is 24. The van der Waals surface area contributed by atoms with Crippen LogP contribution in [-0.4, -0.2) is 199 Å². The van der Waals surface area contributed by atoms with Gasteiger partial charge in [-0.2, -0.15) is 0 Å². The van der Waals surface area contributed by atoms with Crippen LogP contribution in [0.5, 0.6) is 0 Å². The number of hydrogen-bond acceptors (Lipinski definition) is 16. The van der Waals surface area contributed by atoms with Crippen molar-refractivity contribution in [3.63, 3.8) is 0 Å². The highest BCUT2D eigenvalue weighted by molar-refractivity contribution is 5.99. The Kier molecular flexibility index (Phi) is 44.2. The molecule has 0 aliphatic carbocycles. The summed E-state index contributed by atoms with van der Waals surface area (Å²) >= 11 is 0. The lowest BCUT2D eigenvalue weighted by Crippen LogP contribution is -2.53. The molecule has 1 heterocycles. The van der Waals surface area contributed by atoms with Crippen LogP contribution in [0.15, 0.2) is 22.3 Å². The lowest BCUT2D eigenvalue weighted by molar-refractivity contribution is -0.148. The second kappa shape index (κ2) is 47.1. The van der Waals surface area contributed by atoms with Crippen molar-refractivity contribution >= 4 is 76.8 Å². The van der Waals surface area contributed by atoms with E-state index in [0.717, 1.165) is 12.3 Å². The first kappa shape index (κ1) is 91.0. The second-order valence-electron chi connectivity index (χ2n) is 29.5. The molecule has 0 bridgehead atoms. The molecule has 1 aliphatic heterocycles. The number of amides is 6. The second-order valence-corrected chi connectivity index (χ2v) is 29.5. The predicted molar refractivity (Wildman–Crippen MR) is 384 cm³/mol. The normalized spacial score (nSPS) is 25.4. The van der Waals surface area contributed by atoms with Gasteiger partial charge >= 0.3 is 0 Å². The van der Waals surface area contributed by atoms with Crippen molar-refractivity contribution in [3.8, 4) is 0 Å². The van der Waals surface area contributed by atoms with E-state index in [1.165, 1.54) is 74.7 Å². The molecule has 22 heteroatoms. The molecule has 1 aliphatic rings. The van der Waals surface area contributed by atoms with E-state index in [-0.39, 0.29) is 82.1 Å². The molecule has 1 fully saturated rings. The fourth-order valence-corrected chi connectivity index (χ4v) is 12.6. The van der Waals surface area contributed by atoms with E-state index in [9.17, 15) is 57.8 Å². The number of aliphatic imine (C=N–C) groups is 1. The van der Waals surface area contributed by atoms with Crippen molar-refractivity contribution in [1.82, 2.24) is 30.2 Å². The molecule has 0 aromatic rings. The Bertz CT molecular complexity index is 2560. The van der Waals surface area contributed by atoms with Gasteiger partial charge in [0.1, 0.15) is 19.2 Å². The molecular formula is C75H132N8O14. The number of ether oxygens (including phenoxy) is 1. The van der Waals surface area contributed by atoms with Gasteiger partial charge in [-0.05, 0) is 126 Å². The van der Waals surface area contributed by atoms with Crippen LogP contribution in [0.25, 0.3) is 0 Å². The van der Waals surface area contributed by atoms with Crippen molar-refractivity contribution in [3.05, 3.63) is 12.2 Å². The van der Waals surface area contributed by atoms with Crippen LogP contribution in [0.1, 0.15) is 227 Å². The average molecular weight is 1370 g/mol. The highest BCUT2D eigenvalue weighted by Crippen LogP contribution is 2.30. The largest absolute Gasteiger partial charge is 0.399 e. The van der Waals surface area contributed by atoms with Crippen molar-refractivity contribution < 1.29 is 67.4 Å². The number of oxime groups is 1. The number of hydrogen-bond donors (Lipinski definition) is 3. The highest BCUT2D eigenvalue weighted by atomic mass is 16.6. The first-order valence-electron chi connectivity index (χ1n) is 35.9. The third kappa shape index (κ3) is 32.2. The van der Waals surface area contributed by atoms with Gasteiger partial charge in [-0.3, -0.25) is 52.7 Å². The zero-order valence-corrected chi connectivity index (χ0v) is 64.2. The number of aliphatic hydroxyl groups is 1. The summed E-state index contributed by atoms with van der Waals surface area (Å²) in [4.78, 5) is 174. The van der Waals surface area contributed by atoms with E-state index >= 15 is 0 Å². The summed E-state index contributed by atoms with van der Waals surface area (Å²) in [5.41, 5.74) is 0. The number of Topliss-reactive ketones (excluding diaryl/α,β-unsaturated/α-hetero) is 5. The number of ketones is 5. The van der Waals surface area contributed by atoms with Crippen LogP contribution in [-0.2, 0) is 62.3 Å². The summed E-state index contributed by atoms with van der Waals surface area (Å²) in [5.74, 6) is -11.1. The Morgan fingerprint density at radius 1 is 0.577 bits per heavy atom. The van der Waals surface area contributed by atoms with Crippen LogP contribution in [0.3, 0.4) is 0 Å². The number of allylic oxidation sites excluding steroid dienone is 2. The quantitative estimate of drug-likeness (QED) is 0.0351. The Morgan fingerprint density at radius 3 is 1.62 bits per heavy atom. The summed E-state index contributed by atoms with van der Waals surface area (Å²) < 4.78 is 6.18. The Hall–Kier alpha value is -6.03. The lowest BCUT2D eigenvalue weighted by Gasteiger charge is -2.36. The van der Waals surface area contributed by atoms with Crippen LogP contribution in [0.2, 0.25) is 0 Å². The predicted octanol–water partition coefficient (Wildman–Crippen LogP) is 10.1. The maximum absolute atomic E-state index is 14.9. The van der Waals surface area contributed by atoms with E-state index in [1.54, 1.807) is 67.7 Å². The van der Waals surface area contributed by atoms with Crippen LogP contribution >= 0.6 is 0 Å². The van der Waals surface area contributed by atoms with Gasteiger partial charge in [0.2, 0.25) is 35.4 Å². The number of aliphatic hydroxyl groups excluding tert-OH is 1. The molecule has 1 saturated heterocycles. The molecule has 556 valence electrons. The van der Waals surface area contributed by atoms with Gasteiger partial charge in [0.05, 0.1) is 42.3 Å². The van der Waals surface area contributed by atoms with Gasteiger partial charge in [-0.25, -0.2) is 0 Å². The molecule has 1 rings (SSSR count). The summed E-state index contributed by atoms with van der Waals surface area (Å²) in [6.45, 7) is 33.1. The summed E-state index contributed by atoms with van der Waals surface area (Å²) in [6.07, 6.45) is 8.58. The first-order chi connectivity index (χ1) is 45.3. The number of nitrogens with one attached hydrogen (secondary N) is 2. The molecule has 0 spiro atoms. The van der Waals surface area contributed by atoms with Gasteiger partial charge in [-0.1, -0.05) is 128 Å². The fourth-order valence-electron chi connectivity index (χ4n) is 12.6. The Morgan fingerprint density at radius 2 is 1.11 bits per heavy atom. The number of carbonyl (C=O) groups excluding carboxylic acids is 11. The van der Waals surface area contributed by atoms with E-state index in [0.29, 0.717) is 19.3 Å². The number of nitrogens with zero attached hydrogens (tertiary/aromatic N) is 6. The standard InChI is InChI=1S/C67H115N7O14.C8H17N/c1-22-24-27-44(13)62(81)50-38-57(78)60(43(11)12)74(20)66(85)48(32-39(3)4)36-56(77)53(34-41(7)8)71(17)65(84)46(15)69-63(82)45(14)35-55(76)52(33-40(5)6)72(18)67(86)49(42(9)10)37-58(79)61(47(16)88-31-26-25-30-68-87-21)73(19)59(80)29-28-54(75)51(23-2)70-64(50)83;1-8(2)6-4-5-7-9-3/h22,24,30,39-53,60-62,81H,23,25-29,31-38H2,1-21H3,(H,69,82)(H,70,83);7-8H,4-6H2,1-3H3/b24-22+,68-30+;/t44-,45-,46-,47-,48-,49+,50+,51+,52+,53+,60+,61+,62-;/m1./s1. The maximum atomic E-state index is 14.9. The minimum Gasteiger partial charge on any atom is -0.399 e. The van der Waals surface area contributed by atoms with Gasteiger partial charge in [0, 0.05) is 104 Å². The van der Waals surface area contributed by atoms with Crippen LogP contribution < -0.4 is 10.6 Å².